The average Bonchev–Trinajstić information content (AvgIpc) is 3.78. The zero-order chi connectivity index (χ0) is 29.0. The molecule has 5 aromatic rings. The molecule has 10 nitrogen and oxygen atoms in total. The molecular formula is C32H30N8O2. The number of carbonyl (C=O) groups excluding carboxylic acids is 2. The van der Waals surface area contributed by atoms with Crippen molar-refractivity contribution >= 4 is 45.9 Å². The molecule has 3 aromatic heterocycles. The van der Waals surface area contributed by atoms with Crippen molar-refractivity contribution in [3.8, 4) is 11.3 Å². The molecule has 2 aromatic carbocycles. The number of fused-ring (bicyclic) bond motifs is 2. The Morgan fingerprint density at radius 2 is 1.88 bits per heavy atom. The predicted octanol–water partition coefficient (Wildman–Crippen LogP) is 5.78. The standard InChI is InChI=1S/C32H30N8O2/c1-18-15-34-32(36-27-14-19(2)39(3)38-27)37-28(18)23-16-33-29-21(23)10-7-13-26(29)40-17-24-22(31(40)42)11-6-12-25(24)35-30(41)20-8-4-5-9-20/h4-7,10-16,20,33H,8-9,17H2,1-3H3,(H,35,41)(H,34,36,37,38). The van der Waals surface area contributed by atoms with Crippen LogP contribution in [0.4, 0.5) is 23.1 Å². The van der Waals surface area contributed by atoms with Crippen LogP contribution in [0.2, 0.25) is 0 Å². The second kappa shape index (κ2) is 9.99. The molecule has 0 saturated heterocycles. The monoisotopic (exact) mass is 558 g/mol. The first-order chi connectivity index (χ1) is 20.4. The van der Waals surface area contributed by atoms with Gasteiger partial charge >= 0.3 is 0 Å². The van der Waals surface area contributed by atoms with Gasteiger partial charge in [0.15, 0.2) is 5.82 Å². The Kier molecular flexibility index (Phi) is 6.11. The number of amides is 2. The highest BCUT2D eigenvalue weighted by Gasteiger charge is 2.33. The van der Waals surface area contributed by atoms with Gasteiger partial charge in [-0.15, -0.1) is 0 Å². The molecule has 42 heavy (non-hydrogen) atoms. The van der Waals surface area contributed by atoms with Gasteiger partial charge < -0.3 is 20.5 Å². The Hall–Kier alpha value is -5.25. The molecule has 210 valence electrons. The minimum absolute atomic E-state index is 0.0114. The molecule has 0 fully saturated rings. The maximum absolute atomic E-state index is 13.7. The number of para-hydroxylation sites is 1. The van der Waals surface area contributed by atoms with Crippen molar-refractivity contribution in [2.24, 2.45) is 13.0 Å². The number of nitrogens with zero attached hydrogens (tertiary/aromatic N) is 5. The van der Waals surface area contributed by atoms with Crippen LogP contribution < -0.4 is 15.5 Å². The first kappa shape index (κ1) is 25.7. The predicted molar refractivity (Wildman–Crippen MR) is 163 cm³/mol. The lowest BCUT2D eigenvalue weighted by Gasteiger charge is -2.17. The minimum atomic E-state index is -0.0948. The number of benzene rings is 2. The van der Waals surface area contributed by atoms with E-state index in [4.69, 9.17) is 4.98 Å². The summed E-state index contributed by atoms with van der Waals surface area (Å²) in [6.45, 7) is 4.33. The highest BCUT2D eigenvalue weighted by atomic mass is 16.2. The van der Waals surface area contributed by atoms with Gasteiger partial charge in [0.2, 0.25) is 11.9 Å². The molecule has 4 heterocycles. The van der Waals surface area contributed by atoms with Gasteiger partial charge in [-0.3, -0.25) is 14.3 Å². The van der Waals surface area contributed by atoms with Gasteiger partial charge in [-0.1, -0.05) is 30.4 Å². The van der Waals surface area contributed by atoms with Crippen LogP contribution in [0.3, 0.4) is 0 Å². The van der Waals surface area contributed by atoms with Gasteiger partial charge in [0.25, 0.3) is 5.91 Å². The van der Waals surface area contributed by atoms with Crippen LogP contribution in [0.1, 0.15) is 40.0 Å². The van der Waals surface area contributed by atoms with Crippen LogP contribution in [0.5, 0.6) is 0 Å². The molecular weight excluding hydrogens is 528 g/mol. The molecule has 3 N–H and O–H groups in total. The first-order valence-electron chi connectivity index (χ1n) is 14.0. The van der Waals surface area contributed by atoms with E-state index in [1.807, 2.05) is 81.7 Å². The van der Waals surface area contributed by atoms with E-state index in [0.717, 1.165) is 57.5 Å². The molecule has 0 bridgehead atoms. The van der Waals surface area contributed by atoms with Crippen molar-refractivity contribution in [1.82, 2.24) is 24.7 Å². The summed E-state index contributed by atoms with van der Waals surface area (Å²) in [4.78, 5) is 41.0. The molecule has 0 saturated carbocycles. The Balaban J connectivity index is 1.20. The average molecular weight is 559 g/mol. The fraction of sp³-hybridized carbons (Fsp3) is 0.219. The number of allylic oxidation sites excluding steroid dienone is 2. The number of aromatic amines is 1. The van der Waals surface area contributed by atoms with Gasteiger partial charge in [-0.25, -0.2) is 9.97 Å². The fourth-order valence-corrected chi connectivity index (χ4v) is 5.78. The van der Waals surface area contributed by atoms with Crippen molar-refractivity contribution in [2.75, 3.05) is 15.5 Å². The summed E-state index contributed by atoms with van der Waals surface area (Å²) in [6, 6.07) is 13.4. The SMILES string of the molecule is Cc1cnc(Nc2cc(C)n(C)n2)nc1-c1c[nH]c2c(N3Cc4c(NC(=O)C5CC=CC5)cccc4C3=O)cccc12. The fourth-order valence-electron chi connectivity index (χ4n) is 5.78. The second-order valence-corrected chi connectivity index (χ2v) is 10.9. The number of H-pyrrole nitrogens is 1. The maximum atomic E-state index is 13.7. The van der Waals surface area contributed by atoms with Crippen molar-refractivity contribution in [2.45, 2.75) is 33.2 Å². The number of rotatable bonds is 6. The molecule has 2 aliphatic rings. The Morgan fingerprint density at radius 1 is 1.07 bits per heavy atom. The van der Waals surface area contributed by atoms with E-state index in [1.165, 1.54) is 0 Å². The van der Waals surface area contributed by atoms with Crippen LogP contribution >= 0.6 is 0 Å². The van der Waals surface area contributed by atoms with E-state index >= 15 is 0 Å². The normalized spacial score (nSPS) is 14.6. The van der Waals surface area contributed by atoms with E-state index in [9.17, 15) is 9.59 Å². The lowest BCUT2D eigenvalue weighted by atomic mass is 10.0. The molecule has 0 unspecified atom stereocenters. The first-order valence-corrected chi connectivity index (χ1v) is 14.0. The zero-order valence-corrected chi connectivity index (χ0v) is 23.6. The van der Waals surface area contributed by atoms with Crippen molar-refractivity contribution in [1.29, 1.82) is 0 Å². The Labute approximate surface area is 242 Å². The van der Waals surface area contributed by atoms with Crippen LogP contribution in [0, 0.1) is 19.8 Å². The van der Waals surface area contributed by atoms with Crippen LogP contribution in [0.15, 0.2) is 67.0 Å². The third-order valence-electron chi connectivity index (χ3n) is 8.17. The summed E-state index contributed by atoms with van der Waals surface area (Å²) in [5, 5.41) is 11.7. The lowest BCUT2D eigenvalue weighted by molar-refractivity contribution is -0.119. The van der Waals surface area contributed by atoms with Gasteiger partial charge in [0.1, 0.15) is 0 Å². The van der Waals surface area contributed by atoms with Crippen LogP contribution in [-0.2, 0) is 18.4 Å². The molecule has 0 radical (unpaired) electrons. The van der Waals surface area contributed by atoms with Crippen LogP contribution in [-0.4, -0.2) is 36.5 Å². The summed E-state index contributed by atoms with van der Waals surface area (Å²) < 4.78 is 1.79. The number of carbonyl (C=O) groups is 2. The number of anilines is 4. The van der Waals surface area contributed by atoms with Gasteiger partial charge in [0, 0.05) is 64.9 Å². The quantitative estimate of drug-likeness (QED) is 0.227. The summed E-state index contributed by atoms with van der Waals surface area (Å²) >= 11 is 0. The third-order valence-corrected chi connectivity index (χ3v) is 8.17. The summed E-state index contributed by atoms with van der Waals surface area (Å²) in [6.07, 6.45) is 9.29. The Bertz CT molecular complexity index is 1890. The van der Waals surface area contributed by atoms with Gasteiger partial charge in [-0.05, 0) is 50.5 Å². The smallest absolute Gasteiger partial charge is 0.259 e. The lowest BCUT2D eigenvalue weighted by Crippen LogP contribution is -2.23. The molecule has 10 heteroatoms. The number of hydrogen-bond donors (Lipinski definition) is 3. The van der Waals surface area contributed by atoms with Crippen molar-refractivity contribution < 1.29 is 9.59 Å². The second-order valence-electron chi connectivity index (χ2n) is 10.9. The highest BCUT2D eigenvalue weighted by Crippen LogP contribution is 2.39. The number of aromatic nitrogens is 5. The third kappa shape index (κ3) is 4.32. The molecule has 0 spiro atoms. The van der Waals surface area contributed by atoms with Crippen molar-refractivity contribution in [3.05, 3.63) is 89.4 Å². The summed E-state index contributed by atoms with van der Waals surface area (Å²) in [5.41, 5.74) is 7.38. The molecule has 1 aliphatic heterocycles. The summed E-state index contributed by atoms with van der Waals surface area (Å²) in [7, 11) is 1.89. The minimum Gasteiger partial charge on any atom is -0.359 e. The van der Waals surface area contributed by atoms with E-state index in [0.29, 0.717) is 29.6 Å². The van der Waals surface area contributed by atoms with Gasteiger partial charge in [0.05, 0.1) is 23.4 Å². The number of nitrogens with one attached hydrogen (secondary N) is 3. The molecule has 7 rings (SSSR count). The van der Waals surface area contributed by atoms with E-state index in [2.05, 4.69) is 25.7 Å². The molecule has 2 amide bonds. The maximum Gasteiger partial charge on any atom is 0.259 e. The van der Waals surface area contributed by atoms with Crippen molar-refractivity contribution in [3.63, 3.8) is 0 Å². The molecule has 0 atom stereocenters. The van der Waals surface area contributed by atoms with Crippen LogP contribution in [0.25, 0.3) is 22.2 Å². The Morgan fingerprint density at radius 3 is 2.67 bits per heavy atom. The van der Waals surface area contributed by atoms with E-state index in [1.54, 1.807) is 15.8 Å². The topological polar surface area (TPSA) is 121 Å². The van der Waals surface area contributed by atoms with E-state index in [-0.39, 0.29) is 17.7 Å². The highest BCUT2D eigenvalue weighted by molar-refractivity contribution is 6.15. The number of hydrogen-bond acceptors (Lipinski definition) is 6. The molecule has 1 aliphatic carbocycles. The zero-order valence-electron chi connectivity index (χ0n) is 23.6. The number of aryl methyl sites for hydroxylation is 3. The van der Waals surface area contributed by atoms with Gasteiger partial charge in [-0.2, -0.15) is 5.10 Å². The largest absolute Gasteiger partial charge is 0.359 e. The summed E-state index contributed by atoms with van der Waals surface area (Å²) in [5.74, 6) is 0.959. The van der Waals surface area contributed by atoms with E-state index < -0.39 is 0 Å².